The second-order valence-electron chi connectivity index (χ2n) is 6.27. The highest BCUT2D eigenvalue weighted by Gasteiger charge is 2.23. The van der Waals surface area contributed by atoms with Gasteiger partial charge >= 0.3 is 0 Å². The highest BCUT2D eigenvalue weighted by molar-refractivity contribution is 5.30. The molecule has 2 aliphatic rings. The first-order chi connectivity index (χ1) is 10.8. The van der Waals surface area contributed by atoms with Gasteiger partial charge in [-0.15, -0.1) is 0 Å². The number of hydrogen-bond acceptors (Lipinski definition) is 4. The molecule has 2 aliphatic heterocycles. The third-order valence-electron chi connectivity index (χ3n) is 4.74. The van der Waals surface area contributed by atoms with Crippen LogP contribution in [0.4, 0.5) is 0 Å². The Morgan fingerprint density at radius 3 is 2.82 bits per heavy atom. The molecule has 4 heteroatoms. The van der Waals surface area contributed by atoms with Crippen molar-refractivity contribution in [1.82, 2.24) is 4.90 Å². The summed E-state index contributed by atoms with van der Waals surface area (Å²) in [5.74, 6) is 1.57. The summed E-state index contributed by atoms with van der Waals surface area (Å²) in [5.41, 5.74) is 1.42. The van der Waals surface area contributed by atoms with Crippen LogP contribution in [-0.2, 0) is 9.47 Å². The van der Waals surface area contributed by atoms with Crippen LogP contribution in [0.2, 0.25) is 0 Å². The lowest BCUT2D eigenvalue weighted by Crippen LogP contribution is -2.26. The summed E-state index contributed by atoms with van der Waals surface area (Å²) in [6, 6.07) is 8.51. The average molecular weight is 305 g/mol. The van der Waals surface area contributed by atoms with Crippen LogP contribution >= 0.6 is 0 Å². The third kappa shape index (κ3) is 4.22. The molecular formula is C18H27NO3. The molecule has 2 atom stereocenters. The van der Waals surface area contributed by atoms with Gasteiger partial charge in [-0.1, -0.05) is 12.1 Å². The Labute approximate surface area is 133 Å². The molecule has 2 heterocycles. The van der Waals surface area contributed by atoms with Crippen molar-refractivity contribution in [2.24, 2.45) is 0 Å². The van der Waals surface area contributed by atoms with Crippen molar-refractivity contribution in [3.8, 4) is 5.75 Å². The fourth-order valence-corrected chi connectivity index (χ4v) is 3.37. The lowest BCUT2D eigenvalue weighted by atomic mass is 9.98. The zero-order valence-corrected chi connectivity index (χ0v) is 13.5. The van der Waals surface area contributed by atoms with E-state index in [4.69, 9.17) is 14.2 Å². The smallest absolute Gasteiger partial charge is 0.118 e. The average Bonchev–Trinajstić information content (AvgIpc) is 3.23. The van der Waals surface area contributed by atoms with Crippen molar-refractivity contribution in [2.75, 3.05) is 46.6 Å². The Balaban J connectivity index is 1.36. The first kappa shape index (κ1) is 15.8. The molecule has 1 aromatic carbocycles. The molecule has 122 valence electrons. The Bertz CT molecular complexity index is 442. The molecule has 0 unspecified atom stereocenters. The predicted molar refractivity (Wildman–Crippen MR) is 86.6 cm³/mol. The number of methoxy groups -OCH3 is 1. The first-order valence-electron chi connectivity index (χ1n) is 8.41. The van der Waals surface area contributed by atoms with Crippen molar-refractivity contribution >= 4 is 0 Å². The highest BCUT2D eigenvalue weighted by atomic mass is 16.5. The van der Waals surface area contributed by atoms with E-state index in [2.05, 4.69) is 29.2 Å². The van der Waals surface area contributed by atoms with Crippen molar-refractivity contribution in [3.63, 3.8) is 0 Å². The summed E-state index contributed by atoms with van der Waals surface area (Å²) >= 11 is 0. The normalized spacial score (nSPS) is 25.7. The van der Waals surface area contributed by atoms with Crippen LogP contribution in [0.25, 0.3) is 0 Å². The van der Waals surface area contributed by atoms with Gasteiger partial charge in [-0.2, -0.15) is 0 Å². The van der Waals surface area contributed by atoms with Gasteiger partial charge in [-0.3, -0.25) is 0 Å². The molecule has 0 aromatic heterocycles. The topological polar surface area (TPSA) is 30.9 Å². The summed E-state index contributed by atoms with van der Waals surface area (Å²) in [6.45, 7) is 5.81. The molecule has 0 radical (unpaired) electrons. The van der Waals surface area contributed by atoms with Gasteiger partial charge < -0.3 is 19.1 Å². The maximum Gasteiger partial charge on any atom is 0.118 e. The number of rotatable bonds is 7. The standard InChI is InChI=1S/C18H27NO3/c1-20-17-6-4-15(5-7-17)16-8-9-19(13-16)10-12-21-14-18-3-2-11-22-18/h4-7,16,18H,2-3,8-14H2,1H3/t16-,18+/m0/s1. The zero-order chi connectivity index (χ0) is 15.2. The second kappa shape index (κ2) is 7.95. The molecular weight excluding hydrogens is 278 g/mol. The fourth-order valence-electron chi connectivity index (χ4n) is 3.37. The number of hydrogen-bond donors (Lipinski definition) is 0. The van der Waals surface area contributed by atoms with Gasteiger partial charge in [0.15, 0.2) is 0 Å². The molecule has 22 heavy (non-hydrogen) atoms. The van der Waals surface area contributed by atoms with E-state index in [1.165, 1.54) is 24.9 Å². The summed E-state index contributed by atoms with van der Waals surface area (Å²) in [5, 5.41) is 0. The Hall–Kier alpha value is -1.10. The summed E-state index contributed by atoms with van der Waals surface area (Å²) in [4.78, 5) is 2.50. The summed E-state index contributed by atoms with van der Waals surface area (Å²) in [7, 11) is 1.71. The van der Waals surface area contributed by atoms with Crippen LogP contribution in [0.15, 0.2) is 24.3 Å². The van der Waals surface area contributed by atoms with E-state index in [1.807, 2.05) is 0 Å². The molecule has 0 saturated carbocycles. The van der Waals surface area contributed by atoms with E-state index in [-0.39, 0.29) is 0 Å². The highest BCUT2D eigenvalue weighted by Crippen LogP contribution is 2.28. The molecule has 2 fully saturated rings. The summed E-state index contributed by atoms with van der Waals surface area (Å²) < 4.78 is 16.6. The van der Waals surface area contributed by atoms with Crippen LogP contribution in [0.5, 0.6) is 5.75 Å². The predicted octanol–water partition coefficient (Wildman–Crippen LogP) is 2.68. The van der Waals surface area contributed by atoms with E-state index in [9.17, 15) is 0 Å². The van der Waals surface area contributed by atoms with Crippen molar-refractivity contribution < 1.29 is 14.2 Å². The minimum atomic E-state index is 0.339. The number of ether oxygens (including phenoxy) is 3. The van der Waals surface area contributed by atoms with Crippen LogP contribution in [-0.4, -0.2) is 57.6 Å². The first-order valence-corrected chi connectivity index (χ1v) is 8.41. The van der Waals surface area contributed by atoms with Gasteiger partial charge in [0, 0.05) is 19.7 Å². The van der Waals surface area contributed by atoms with Gasteiger partial charge in [0.1, 0.15) is 5.75 Å². The lowest BCUT2D eigenvalue weighted by Gasteiger charge is -2.17. The minimum absolute atomic E-state index is 0.339. The van der Waals surface area contributed by atoms with Crippen molar-refractivity contribution in [2.45, 2.75) is 31.3 Å². The van der Waals surface area contributed by atoms with E-state index >= 15 is 0 Å². The van der Waals surface area contributed by atoms with Gasteiger partial charge in [-0.05, 0) is 49.4 Å². The molecule has 4 nitrogen and oxygen atoms in total. The maximum atomic E-state index is 5.77. The maximum absolute atomic E-state index is 5.77. The Morgan fingerprint density at radius 1 is 1.23 bits per heavy atom. The molecule has 0 aliphatic carbocycles. The van der Waals surface area contributed by atoms with Gasteiger partial charge in [0.2, 0.25) is 0 Å². The van der Waals surface area contributed by atoms with Crippen LogP contribution < -0.4 is 4.74 Å². The fraction of sp³-hybridized carbons (Fsp3) is 0.667. The van der Waals surface area contributed by atoms with Crippen molar-refractivity contribution in [1.29, 1.82) is 0 Å². The van der Waals surface area contributed by atoms with E-state index < -0.39 is 0 Å². The van der Waals surface area contributed by atoms with E-state index in [0.717, 1.165) is 45.1 Å². The molecule has 0 bridgehead atoms. The third-order valence-corrected chi connectivity index (χ3v) is 4.74. The SMILES string of the molecule is COc1ccc([C@H]2CCN(CCOC[C@H]3CCCO3)C2)cc1. The van der Waals surface area contributed by atoms with Crippen LogP contribution in [0.3, 0.4) is 0 Å². The monoisotopic (exact) mass is 305 g/mol. The second-order valence-corrected chi connectivity index (χ2v) is 6.27. The van der Waals surface area contributed by atoms with E-state index in [1.54, 1.807) is 7.11 Å². The number of nitrogens with zero attached hydrogens (tertiary/aromatic N) is 1. The molecule has 0 N–H and O–H groups in total. The molecule has 2 saturated heterocycles. The molecule has 1 aromatic rings. The zero-order valence-electron chi connectivity index (χ0n) is 13.5. The molecule has 3 rings (SSSR count). The minimum Gasteiger partial charge on any atom is -0.497 e. The Morgan fingerprint density at radius 2 is 2.09 bits per heavy atom. The van der Waals surface area contributed by atoms with Gasteiger partial charge in [-0.25, -0.2) is 0 Å². The van der Waals surface area contributed by atoms with Crippen LogP contribution in [0, 0.1) is 0 Å². The molecule has 0 spiro atoms. The summed E-state index contributed by atoms with van der Waals surface area (Å²) in [6.07, 6.45) is 3.91. The quantitative estimate of drug-likeness (QED) is 0.725. The number of benzene rings is 1. The van der Waals surface area contributed by atoms with E-state index in [0.29, 0.717) is 12.0 Å². The van der Waals surface area contributed by atoms with Gasteiger partial charge in [0.05, 0.1) is 26.4 Å². The molecule has 0 amide bonds. The van der Waals surface area contributed by atoms with Crippen LogP contribution in [0.1, 0.15) is 30.7 Å². The lowest BCUT2D eigenvalue weighted by molar-refractivity contribution is 0.0119. The van der Waals surface area contributed by atoms with Gasteiger partial charge in [0.25, 0.3) is 0 Å². The van der Waals surface area contributed by atoms with Crippen molar-refractivity contribution in [3.05, 3.63) is 29.8 Å². The number of likely N-dealkylation sites (tertiary alicyclic amines) is 1. The Kier molecular flexibility index (Phi) is 5.70. The largest absolute Gasteiger partial charge is 0.497 e.